The van der Waals surface area contributed by atoms with Gasteiger partial charge in [-0.25, -0.2) is 9.59 Å². The Hall–Kier alpha value is -1.33. The minimum atomic E-state index is -0.297. The van der Waals surface area contributed by atoms with Crippen LogP contribution in [-0.4, -0.2) is 36.6 Å². The number of aromatic nitrogens is 1. The zero-order valence-electron chi connectivity index (χ0n) is 16.4. The average molecular weight is 536 g/mol. The van der Waals surface area contributed by atoms with E-state index >= 15 is 0 Å². The lowest BCUT2D eigenvalue weighted by atomic mass is 10.4. The van der Waals surface area contributed by atoms with Crippen molar-refractivity contribution in [1.82, 2.24) is 4.90 Å². The quantitative estimate of drug-likeness (QED) is 0.275. The lowest BCUT2D eigenvalue weighted by molar-refractivity contribution is -0.690. The number of rotatable bonds is 8. The molecule has 0 saturated heterocycles. The van der Waals surface area contributed by atoms with Gasteiger partial charge in [-0.3, -0.25) is 0 Å². The van der Waals surface area contributed by atoms with Crippen molar-refractivity contribution in [2.24, 2.45) is 0 Å². The monoisotopic (exact) mass is 536 g/mol. The normalized spacial score (nSPS) is 14.9. The zero-order valence-corrected chi connectivity index (χ0v) is 20.2. The van der Waals surface area contributed by atoms with Gasteiger partial charge in [0.15, 0.2) is 11.1 Å². The number of carbonyl (C=O) groups is 2. The smallest absolute Gasteiger partial charge is 0.354 e. The summed E-state index contributed by atoms with van der Waals surface area (Å²) in [6.45, 7) is 9.89. The zero-order chi connectivity index (χ0) is 19.8. The van der Waals surface area contributed by atoms with Gasteiger partial charge >= 0.3 is 11.9 Å². The van der Waals surface area contributed by atoms with E-state index in [1.807, 2.05) is 53.9 Å². The van der Waals surface area contributed by atoms with E-state index in [1.54, 1.807) is 13.8 Å². The van der Waals surface area contributed by atoms with Crippen LogP contribution in [0, 0.1) is 0 Å². The summed E-state index contributed by atoms with van der Waals surface area (Å²) < 4.78 is 12.1. The molecular weight excluding hydrogens is 511 g/mol. The van der Waals surface area contributed by atoms with E-state index in [-0.39, 0.29) is 35.9 Å². The summed E-state index contributed by atoms with van der Waals surface area (Å²) in [6, 6.07) is 0. The van der Waals surface area contributed by atoms with Crippen molar-refractivity contribution in [3.63, 3.8) is 0 Å². The van der Waals surface area contributed by atoms with E-state index in [0.717, 1.165) is 23.1 Å². The number of hydrogen-bond donors (Lipinski definition) is 0. The van der Waals surface area contributed by atoms with E-state index in [2.05, 4.69) is 0 Å². The number of carbonyl (C=O) groups excluding carboxylic acids is 2. The van der Waals surface area contributed by atoms with Gasteiger partial charge in [0.2, 0.25) is 0 Å². The Morgan fingerprint density at radius 3 is 2.43 bits per heavy atom. The van der Waals surface area contributed by atoms with Crippen LogP contribution >= 0.6 is 23.1 Å². The van der Waals surface area contributed by atoms with Crippen LogP contribution in [0.3, 0.4) is 0 Å². The molecule has 0 aliphatic carbocycles. The molecule has 28 heavy (non-hydrogen) atoms. The van der Waals surface area contributed by atoms with Crippen LogP contribution in [0.2, 0.25) is 0 Å². The van der Waals surface area contributed by atoms with E-state index in [4.69, 9.17) is 9.47 Å². The molecule has 0 aromatic carbocycles. The van der Waals surface area contributed by atoms with Gasteiger partial charge < -0.3 is 38.4 Å². The molecular formula is C19H25IN2O4S2. The summed E-state index contributed by atoms with van der Waals surface area (Å²) in [5.41, 5.74) is 0. The summed E-state index contributed by atoms with van der Waals surface area (Å²) in [6.07, 6.45) is 9.48. The van der Waals surface area contributed by atoms with Gasteiger partial charge in [0, 0.05) is 18.8 Å². The molecule has 0 fully saturated rings. The molecule has 1 aliphatic heterocycles. The summed E-state index contributed by atoms with van der Waals surface area (Å²) in [5.74, 6) is -0.594. The highest BCUT2D eigenvalue weighted by Crippen LogP contribution is 2.36. The van der Waals surface area contributed by atoms with Crippen LogP contribution in [0.5, 0.6) is 0 Å². The first-order valence-corrected chi connectivity index (χ1v) is 10.6. The maximum atomic E-state index is 11.9. The van der Waals surface area contributed by atoms with E-state index in [0.29, 0.717) is 23.0 Å². The molecule has 0 atom stereocenters. The third-order valence-electron chi connectivity index (χ3n) is 3.65. The topological polar surface area (TPSA) is 59.7 Å². The van der Waals surface area contributed by atoms with Crippen LogP contribution in [0.25, 0.3) is 6.08 Å². The molecule has 6 nitrogen and oxygen atoms in total. The van der Waals surface area contributed by atoms with Crippen LogP contribution in [-0.2, 0) is 20.8 Å². The maximum absolute atomic E-state index is 11.9. The number of thioether (sulfide) groups is 1. The number of nitrogens with zero attached hydrogens (tertiary/aromatic N) is 2. The second kappa shape index (κ2) is 12.3. The number of halogens is 1. The Kier molecular flexibility index (Phi) is 10.8. The van der Waals surface area contributed by atoms with Gasteiger partial charge in [0.25, 0.3) is 5.01 Å². The largest absolute Gasteiger partial charge is 1.00 e. The van der Waals surface area contributed by atoms with Gasteiger partial charge in [0.05, 0.1) is 18.2 Å². The van der Waals surface area contributed by atoms with Crippen LogP contribution in [0.15, 0.2) is 34.5 Å². The molecule has 154 valence electrons. The second-order valence-corrected chi connectivity index (χ2v) is 7.53. The van der Waals surface area contributed by atoms with Gasteiger partial charge in [-0.05, 0) is 33.8 Å². The maximum Gasteiger partial charge on any atom is 0.354 e. The van der Waals surface area contributed by atoms with Crippen LogP contribution < -0.4 is 28.5 Å². The number of thiazole rings is 1. The van der Waals surface area contributed by atoms with Crippen molar-refractivity contribution in [3.05, 3.63) is 44.4 Å². The first-order chi connectivity index (χ1) is 13.0. The molecule has 0 radical (unpaired) electrons. The minimum Gasteiger partial charge on any atom is -1.00 e. The first kappa shape index (κ1) is 24.7. The third-order valence-corrected chi connectivity index (χ3v) is 5.80. The number of ether oxygens (including phenoxy) is 2. The van der Waals surface area contributed by atoms with Crippen molar-refractivity contribution >= 4 is 41.1 Å². The Balaban J connectivity index is 0.00000392. The van der Waals surface area contributed by atoms with Crippen molar-refractivity contribution in [2.75, 3.05) is 19.8 Å². The van der Waals surface area contributed by atoms with Crippen molar-refractivity contribution in [3.8, 4) is 0 Å². The summed E-state index contributed by atoms with van der Waals surface area (Å²) in [5, 5.41) is 1.92. The van der Waals surface area contributed by atoms with E-state index in [1.165, 1.54) is 23.1 Å². The molecule has 1 aromatic rings. The van der Waals surface area contributed by atoms with E-state index < -0.39 is 0 Å². The lowest BCUT2D eigenvalue weighted by Gasteiger charge is -2.12. The molecule has 0 amide bonds. The molecule has 0 unspecified atom stereocenters. The molecule has 0 N–H and O–H groups in total. The summed E-state index contributed by atoms with van der Waals surface area (Å²) in [7, 11) is 0. The fourth-order valence-corrected chi connectivity index (χ4v) is 4.35. The molecule has 9 heteroatoms. The van der Waals surface area contributed by atoms with Gasteiger partial charge in [-0.15, -0.1) is 0 Å². The molecule has 0 saturated carbocycles. The highest BCUT2D eigenvalue weighted by molar-refractivity contribution is 8.07. The highest BCUT2D eigenvalue weighted by atomic mass is 127. The standard InChI is InChI=1S/C19H25N2O4S2.HI/c1-5-20-12-14(18(22)24-7-3)26-16(20)10-9-11-17-21(6-2)13-15(27-17)19(23)25-8-4;/h9-13H,5-8H2,1-4H3;1H/q+1;/p-1. The van der Waals surface area contributed by atoms with Crippen molar-refractivity contribution < 1.29 is 47.6 Å². The summed E-state index contributed by atoms with van der Waals surface area (Å²) >= 11 is 2.80. The Morgan fingerprint density at radius 1 is 1.14 bits per heavy atom. The number of aryl methyl sites for hydroxylation is 1. The van der Waals surface area contributed by atoms with Crippen LogP contribution in [0.1, 0.15) is 42.4 Å². The number of esters is 2. The highest BCUT2D eigenvalue weighted by Gasteiger charge is 2.24. The van der Waals surface area contributed by atoms with Crippen molar-refractivity contribution in [1.29, 1.82) is 0 Å². The van der Waals surface area contributed by atoms with Gasteiger partial charge in [0.1, 0.15) is 11.4 Å². The molecule has 1 aromatic heterocycles. The Morgan fingerprint density at radius 2 is 1.82 bits per heavy atom. The molecule has 2 heterocycles. The third kappa shape index (κ3) is 6.35. The Bertz CT molecular complexity index is 787. The van der Waals surface area contributed by atoms with Gasteiger partial charge in [-0.1, -0.05) is 29.2 Å². The Labute approximate surface area is 191 Å². The second-order valence-electron chi connectivity index (χ2n) is 5.41. The van der Waals surface area contributed by atoms with Gasteiger partial charge in [-0.2, -0.15) is 4.57 Å². The number of allylic oxidation sites excluding steroid dienone is 2. The predicted octanol–water partition coefficient (Wildman–Crippen LogP) is 0.564. The molecule has 1 aliphatic rings. The molecule has 0 spiro atoms. The first-order valence-electron chi connectivity index (χ1n) is 8.96. The van der Waals surface area contributed by atoms with E-state index in [9.17, 15) is 9.59 Å². The summed E-state index contributed by atoms with van der Waals surface area (Å²) in [4.78, 5) is 27.0. The fourth-order valence-electron chi connectivity index (χ4n) is 2.37. The van der Waals surface area contributed by atoms with Crippen LogP contribution in [0.4, 0.5) is 0 Å². The van der Waals surface area contributed by atoms with Crippen molar-refractivity contribution in [2.45, 2.75) is 34.2 Å². The SMILES string of the molecule is CCOC(=O)C1=CN(CC)/C(=C/C=C/c2sc(C(=O)OCC)c[n+]2CC)S1.[I-]. The minimum absolute atomic E-state index is 0. The number of hydrogen-bond acceptors (Lipinski definition) is 7. The average Bonchev–Trinajstić information content (AvgIpc) is 3.26. The molecule has 0 bridgehead atoms. The predicted molar refractivity (Wildman–Crippen MR) is 108 cm³/mol. The fraction of sp³-hybridized carbons (Fsp3) is 0.421. The lowest BCUT2D eigenvalue weighted by Crippen LogP contribution is -3.00. The molecule has 2 rings (SSSR count).